The minimum Gasteiger partial charge on any atom is -0.494 e. The molecule has 0 bridgehead atoms. The van der Waals surface area contributed by atoms with E-state index in [4.69, 9.17) is 4.74 Å². The molecule has 190 valence electrons. The zero-order valence-electron chi connectivity index (χ0n) is 20.5. The van der Waals surface area contributed by atoms with Crippen LogP contribution in [0.3, 0.4) is 0 Å². The average molecular weight is 515 g/mol. The second-order valence-electron chi connectivity index (χ2n) is 9.48. The molecule has 1 unspecified atom stereocenters. The summed E-state index contributed by atoms with van der Waals surface area (Å²) in [5.74, 6) is -1.18. The Kier molecular flexibility index (Phi) is 7.17. The van der Waals surface area contributed by atoms with Gasteiger partial charge in [0.25, 0.3) is 5.56 Å². The van der Waals surface area contributed by atoms with E-state index in [0.29, 0.717) is 21.9 Å². The molecule has 5 rings (SSSR count). The average Bonchev–Trinajstić information content (AvgIpc) is 3.28. The maximum absolute atomic E-state index is 15.4. The van der Waals surface area contributed by atoms with E-state index in [-0.39, 0.29) is 40.5 Å². The molecular formula is C28H29F3N2O2S. The van der Waals surface area contributed by atoms with Crippen molar-refractivity contribution < 1.29 is 17.9 Å². The Balaban J connectivity index is 1.70. The van der Waals surface area contributed by atoms with Crippen molar-refractivity contribution in [3.05, 3.63) is 80.9 Å². The molecule has 1 atom stereocenters. The van der Waals surface area contributed by atoms with Gasteiger partial charge >= 0.3 is 0 Å². The summed E-state index contributed by atoms with van der Waals surface area (Å²) in [4.78, 5) is 16.4. The van der Waals surface area contributed by atoms with Gasteiger partial charge in [-0.25, -0.2) is 13.2 Å². The Labute approximate surface area is 213 Å². The topological polar surface area (TPSA) is 34.5 Å². The van der Waals surface area contributed by atoms with Crippen LogP contribution in [0.2, 0.25) is 0 Å². The lowest BCUT2D eigenvalue weighted by molar-refractivity contribution is 0.201. The van der Waals surface area contributed by atoms with Gasteiger partial charge in [-0.3, -0.25) is 9.36 Å². The summed E-state index contributed by atoms with van der Waals surface area (Å²) in [5.41, 5.74) is 1.21. The van der Waals surface area contributed by atoms with Crippen molar-refractivity contribution in [1.29, 1.82) is 0 Å². The summed E-state index contributed by atoms with van der Waals surface area (Å²) in [6.07, 6.45) is 3.45. The number of aromatic nitrogens is 1. The molecule has 0 aliphatic carbocycles. The number of nitrogens with zero attached hydrogens (tertiary/aromatic N) is 2. The van der Waals surface area contributed by atoms with Crippen LogP contribution in [0.4, 0.5) is 13.2 Å². The van der Waals surface area contributed by atoms with Gasteiger partial charge in [-0.1, -0.05) is 24.6 Å². The zero-order chi connectivity index (χ0) is 25.4. The number of hydrogen-bond donors (Lipinski definition) is 0. The molecule has 0 spiro atoms. The molecule has 3 heterocycles. The third kappa shape index (κ3) is 4.45. The summed E-state index contributed by atoms with van der Waals surface area (Å²) in [7, 11) is 1.38. The first-order chi connectivity index (χ1) is 17.4. The number of thioether (sulfide) groups is 1. The number of pyridine rings is 1. The van der Waals surface area contributed by atoms with Crippen molar-refractivity contribution in [2.75, 3.05) is 32.5 Å². The normalized spacial score (nSPS) is 17.9. The monoisotopic (exact) mass is 514 g/mol. The smallest absolute Gasteiger partial charge is 0.260 e. The summed E-state index contributed by atoms with van der Waals surface area (Å²) < 4.78 is 51.7. The van der Waals surface area contributed by atoms with E-state index in [9.17, 15) is 13.6 Å². The Morgan fingerprint density at radius 1 is 1.00 bits per heavy atom. The van der Waals surface area contributed by atoms with E-state index in [2.05, 4.69) is 4.90 Å². The number of piperidine rings is 1. The molecule has 2 aromatic carbocycles. The number of methoxy groups -OCH3 is 1. The molecule has 8 heteroatoms. The molecule has 3 aromatic rings. The molecule has 0 amide bonds. The van der Waals surface area contributed by atoms with Gasteiger partial charge < -0.3 is 9.64 Å². The fourth-order valence-corrected chi connectivity index (χ4v) is 6.78. The molecule has 2 aliphatic heterocycles. The van der Waals surface area contributed by atoms with Gasteiger partial charge in [-0.05, 0) is 62.2 Å². The van der Waals surface area contributed by atoms with Crippen LogP contribution in [0.15, 0.2) is 46.2 Å². The highest BCUT2D eigenvalue weighted by Crippen LogP contribution is 2.41. The second-order valence-corrected chi connectivity index (χ2v) is 10.5. The lowest BCUT2D eigenvalue weighted by atomic mass is 9.94. The van der Waals surface area contributed by atoms with Gasteiger partial charge in [-0.2, -0.15) is 0 Å². The van der Waals surface area contributed by atoms with Crippen LogP contribution in [0.5, 0.6) is 5.75 Å². The molecule has 1 saturated heterocycles. The highest BCUT2D eigenvalue weighted by molar-refractivity contribution is 7.99. The number of rotatable bonds is 6. The van der Waals surface area contributed by atoms with Crippen LogP contribution in [0, 0.1) is 24.4 Å². The summed E-state index contributed by atoms with van der Waals surface area (Å²) in [5, 5.41) is 0.717. The first kappa shape index (κ1) is 25.0. The number of fused-ring (bicyclic) bond motifs is 1. The third-order valence-corrected chi connectivity index (χ3v) is 8.57. The van der Waals surface area contributed by atoms with Crippen LogP contribution >= 0.6 is 11.8 Å². The Morgan fingerprint density at radius 2 is 1.69 bits per heavy atom. The fraction of sp³-hybridized carbons (Fsp3) is 0.393. The maximum Gasteiger partial charge on any atom is 0.260 e. The molecule has 0 N–H and O–H groups in total. The van der Waals surface area contributed by atoms with Crippen LogP contribution in [-0.2, 0) is 6.42 Å². The van der Waals surface area contributed by atoms with E-state index < -0.39 is 17.5 Å². The summed E-state index contributed by atoms with van der Waals surface area (Å²) in [6, 6.07) is 8.41. The SMILES string of the molecule is COc1cccc(-c2c(C)c(Cc3c(F)cccc3F)c3n(c2=O)C(CN2CCCCC2)CS3)c1F. The largest absolute Gasteiger partial charge is 0.494 e. The van der Waals surface area contributed by atoms with E-state index in [1.54, 1.807) is 23.6 Å². The molecular weight excluding hydrogens is 485 g/mol. The van der Waals surface area contributed by atoms with Gasteiger partial charge in [0.05, 0.1) is 23.7 Å². The van der Waals surface area contributed by atoms with Gasteiger partial charge in [0.2, 0.25) is 0 Å². The number of benzene rings is 2. The van der Waals surface area contributed by atoms with Crippen LogP contribution in [0.25, 0.3) is 11.1 Å². The quantitative estimate of drug-likeness (QED) is 0.406. The van der Waals surface area contributed by atoms with E-state index in [0.717, 1.165) is 32.5 Å². The lowest BCUT2D eigenvalue weighted by Crippen LogP contribution is -2.38. The van der Waals surface area contributed by atoms with Crippen LogP contribution in [-0.4, -0.2) is 42.0 Å². The van der Waals surface area contributed by atoms with Gasteiger partial charge in [0, 0.05) is 29.8 Å². The molecule has 4 nitrogen and oxygen atoms in total. The fourth-order valence-electron chi connectivity index (χ4n) is 5.41. The Morgan fingerprint density at radius 3 is 2.39 bits per heavy atom. The number of halogens is 3. The van der Waals surface area contributed by atoms with E-state index >= 15 is 4.39 Å². The van der Waals surface area contributed by atoms with E-state index in [1.807, 2.05) is 0 Å². The van der Waals surface area contributed by atoms with Gasteiger partial charge in [0.15, 0.2) is 11.6 Å². The predicted octanol–water partition coefficient (Wildman–Crippen LogP) is 5.97. The van der Waals surface area contributed by atoms with Crippen molar-refractivity contribution in [2.24, 2.45) is 0 Å². The lowest BCUT2D eigenvalue weighted by Gasteiger charge is -2.30. The Hall–Kier alpha value is -2.71. The molecule has 1 fully saturated rings. The third-order valence-electron chi connectivity index (χ3n) is 7.30. The zero-order valence-corrected chi connectivity index (χ0v) is 21.3. The first-order valence-corrected chi connectivity index (χ1v) is 13.3. The minimum absolute atomic E-state index is 0.0258. The highest BCUT2D eigenvalue weighted by atomic mass is 32.2. The van der Waals surface area contributed by atoms with Crippen molar-refractivity contribution >= 4 is 11.8 Å². The van der Waals surface area contributed by atoms with Crippen molar-refractivity contribution in [2.45, 2.75) is 43.7 Å². The number of likely N-dealkylation sites (tertiary alicyclic amines) is 1. The summed E-state index contributed by atoms with van der Waals surface area (Å²) >= 11 is 1.54. The molecule has 1 aromatic heterocycles. The Bertz CT molecular complexity index is 1330. The minimum atomic E-state index is -0.638. The number of hydrogen-bond acceptors (Lipinski definition) is 4. The predicted molar refractivity (Wildman–Crippen MR) is 137 cm³/mol. The summed E-state index contributed by atoms with van der Waals surface area (Å²) in [6.45, 7) is 4.43. The highest BCUT2D eigenvalue weighted by Gasteiger charge is 2.33. The first-order valence-electron chi connectivity index (χ1n) is 12.3. The second kappa shape index (κ2) is 10.3. The van der Waals surface area contributed by atoms with Crippen LogP contribution < -0.4 is 10.3 Å². The molecule has 36 heavy (non-hydrogen) atoms. The number of ether oxygens (including phenoxy) is 1. The van der Waals surface area contributed by atoms with Crippen molar-refractivity contribution in [1.82, 2.24) is 9.47 Å². The molecule has 0 radical (unpaired) electrons. The molecule has 2 aliphatic rings. The maximum atomic E-state index is 15.4. The van der Waals surface area contributed by atoms with Crippen LogP contribution in [0.1, 0.15) is 42.0 Å². The molecule has 0 saturated carbocycles. The van der Waals surface area contributed by atoms with E-state index in [1.165, 1.54) is 49.6 Å². The van der Waals surface area contributed by atoms with Gasteiger partial charge in [0.1, 0.15) is 11.6 Å². The van der Waals surface area contributed by atoms with Crippen molar-refractivity contribution in [3.8, 4) is 16.9 Å². The van der Waals surface area contributed by atoms with Crippen molar-refractivity contribution in [3.63, 3.8) is 0 Å². The van der Waals surface area contributed by atoms with Gasteiger partial charge in [-0.15, -0.1) is 11.8 Å². The standard InChI is InChI=1S/C28H29F3N2O2S/c1-17-20(14-21-22(29)9-7-10-23(21)30)28-33(18(16-36-28)15-32-12-4-3-5-13-32)27(34)25(17)19-8-6-11-24(35-2)26(19)31/h6-11,18H,3-5,12-16H2,1-2H3.